The fourth-order valence-corrected chi connectivity index (χ4v) is 2.34. The summed E-state index contributed by atoms with van der Waals surface area (Å²) in [6, 6.07) is 6.86. The van der Waals surface area contributed by atoms with Crippen molar-refractivity contribution in [1.29, 1.82) is 0 Å². The minimum Gasteiger partial charge on any atom is -0.335 e. The third-order valence-electron chi connectivity index (χ3n) is 3.63. The van der Waals surface area contributed by atoms with Crippen LogP contribution in [-0.4, -0.2) is 29.9 Å². The summed E-state index contributed by atoms with van der Waals surface area (Å²) in [5, 5.41) is 3.21. The molecule has 110 valence electrons. The average molecular weight is 278 g/mol. The molecule has 1 atom stereocenters. The number of hydrogen-bond donors (Lipinski definition) is 1. The van der Waals surface area contributed by atoms with E-state index in [1.54, 1.807) is 6.07 Å². The fraction of sp³-hybridized carbons (Fsp3) is 0.562. The Hall–Kier alpha value is -1.42. The molecule has 0 bridgehead atoms. The zero-order chi connectivity index (χ0) is 14.5. The van der Waals surface area contributed by atoms with Crippen molar-refractivity contribution in [2.24, 2.45) is 5.92 Å². The molecule has 4 heteroatoms. The molecule has 20 heavy (non-hydrogen) atoms. The molecule has 0 saturated heterocycles. The third-order valence-corrected chi connectivity index (χ3v) is 3.63. The highest BCUT2D eigenvalue weighted by molar-refractivity contribution is 5.79. The van der Waals surface area contributed by atoms with Crippen LogP contribution in [-0.2, 0) is 11.3 Å². The molecule has 0 aliphatic heterocycles. The standard InChI is InChI=1S/C16H23FN2O/c1-3-18-10-12(2)16(20)19(15-7-8-15)11-13-5-4-6-14(17)9-13/h4-6,9,12,15,18H,3,7-8,10-11H2,1-2H3. The van der Waals surface area contributed by atoms with Crippen molar-refractivity contribution in [2.45, 2.75) is 39.3 Å². The Balaban J connectivity index is 2.01. The molecule has 1 amide bonds. The van der Waals surface area contributed by atoms with Crippen LogP contribution >= 0.6 is 0 Å². The van der Waals surface area contributed by atoms with Gasteiger partial charge in [0.15, 0.2) is 0 Å². The molecule has 1 aromatic rings. The van der Waals surface area contributed by atoms with Crippen molar-refractivity contribution in [3.63, 3.8) is 0 Å². The van der Waals surface area contributed by atoms with Gasteiger partial charge >= 0.3 is 0 Å². The second kappa shape index (κ2) is 6.84. The Kier molecular flexibility index (Phi) is 5.12. The topological polar surface area (TPSA) is 32.3 Å². The maximum atomic E-state index is 13.2. The van der Waals surface area contributed by atoms with Crippen LogP contribution in [0.4, 0.5) is 4.39 Å². The van der Waals surface area contributed by atoms with Gasteiger partial charge in [-0.1, -0.05) is 26.0 Å². The van der Waals surface area contributed by atoms with E-state index in [-0.39, 0.29) is 17.6 Å². The number of amides is 1. The van der Waals surface area contributed by atoms with E-state index in [2.05, 4.69) is 5.32 Å². The molecule has 1 saturated carbocycles. The molecule has 1 aliphatic rings. The minimum atomic E-state index is -0.244. The summed E-state index contributed by atoms with van der Waals surface area (Å²) in [7, 11) is 0. The molecule has 2 rings (SSSR count). The predicted octanol–water partition coefficient (Wildman–Crippen LogP) is 2.56. The third kappa shape index (κ3) is 4.04. The zero-order valence-electron chi connectivity index (χ0n) is 12.2. The second-order valence-electron chi connectivity index (χ2n) is 5.54. The normalized spacial score (nSPS) is 15.9. The van der Waals surface area contributed by atoms with Gasteiger partial charge in [-0.05, 0) is 37.1 Å². The molecule has 0 heterocycles. The van der Waals surface area contributed by atoms with Crippen molar-refractivity contribution in [3.05, 3.63) is 35.6 Å². The molecular formula is C16H23FN2O. The van der Waals surface area contributed by atoms with Gasteiger partial charge < -0.3 is 10.2 Å². The summed E-state index contributed by atoms with van der Waals surface area (Å²) >= 11 is 0. The van der Waals surface area contributed by atoms with Gasteiger partial charge in [-0.15, -0.1) is 0 Å². The quantitative estimate of drug-likeness (QED) is 0.831. The van der Waals surface area contributed by atoms with Gasteiger partial charge in [0.05, 0.1) is 0 Å². The highest BCUT2D eigenvalue weighted by Gasteiger charge is 2.34. The number of hydrogen-bond acceptors (Lipinski definition) is 2. The largest absolute Gasteiger partial charge is 0.335 e. The summed E-state index contributed by atoms with van der Waals surface area (Å²) in [5.41, 5.74) is 0.862. The monoisotopic (exact) mass is 278 g/mol. The molecule has 0 spiro atoms. The summed E-state index contributed by atoms with van der Waals surface area (Å²) in [4.78, 5) is 14.4. The van der Waals surface area contributed by atoms with Crippen LogP contribution < -0.4 is 5.32 Å². The van der Waals surface area contributed by atoms with Gasteiger partial charge in [0.1, 0.15) is 5.82 Å². The predicted molar refractivity (Wildman–Crippen MR) is 77.7 cm³/mol. The molecule has 1 aromatic carbocycles. The van der Waals surface area contributed by atoms with Crippen molar-refractivity contribution < 1.29 is 9.18 Å². The minimum absolute atomic E-state index is 0.0379. The number of benzene rings is 1. The average Bonchev–Trinajstić information content (AvgIpc) is 3.26. The van der Waals surface area contributed by atoms with Crippen molar-refractivity contribution in [2.75, 3.05) is 13.1 Å². The van der Waals surface area contributed by atoms with Crippen LogP contribution in [0.25, 0.3) is 0 Å². The lowest BCUT2D eigenvalue weighted by Gasteiger charge is -2.26. The van der Waals surface area contributed by atoms with E-state index in [0.29, 0.717) is 19.1 Å². The molecule has 3 nitrogen and oxygen atoms in total. The summed E-state index contributed by atoms with van der Waals surface area (Å²) in [6.07, 6.45) is 2.13. The van der Waals surface area contributed by atoms with E-state index in [1.165, 1.54) is 12.1 Å². The number of carbonyl (C=O) groups is 1. The molecular weight excluding hydrogens is 255 g/mol. The van der Waals surface area contributed by atoms with E-state index < -0.39 is 0 Å². The summed E-state index contributed by atoms with van der Waals surface area (Å²) < 4.78 is 13.2. The molecule has 1 fully saturated rings. The van der Waals surface area contributed by atoms with Crippen LogP contribution in [0.15, 0.2) is 24.3 Å². The van der Waals surface area contributed by atoms with Gasteiger partial charge in [-0.2, -0.15) is 0 Å². The van der Waals surface area contributed by atoms with Crippen LogP contribution in [0.2, 0.25) is 0 Å². The number of nitrogens with zero attached hydrogens (tertiary/aromatic N) is 1. The SMILES string of the molecule is CCNCC(C)C(=O)N(Cc1cccc(F)c1)C1CC1. The van der Waals surface area contributed by atoms with Crippen molar-refractivity contribution in [3.8, 4) is 0 Å². The Morgan fingerprint density at radius 2 is 2.25 bits per heavy atom. The molecule has 1 N–H and O–H groups in total. The van der Waals surface area contributed by atoms with Gasteiger partial charge in [0, 0.05) is 25.0 Å². The molecule has 1 unspecified atom stereocenters. The zero-order valence-corrected chi connectivity index (χ0v) is 12.2. The lowest BCUT2D eigenvalue weighted by Crippen LogP contribution is -2.40. The van der Waals surface area contributed by atoms with E-state index in [0.717, 1.165) is 24.9 Å². The Morgan fingerprint density at radius 3 is 2.85 bits per heavy atom. The maximum absolute atomic E-state index is 13.2. The first-order valence-corrected chi connectivity index (χ1v) is 7.37. The first kappa shape index (κ1) is 15.0. The van der Waals surface area contributed by atoms with E-state index in [1.807, 2.05) is 24.8 Å². The van der Waals surface area contributed by atoms with Crippen LogP contribution in [0, 0.1) is 11.7 Å². The fourth-order valence-electron chi connectivity index (χ4n) is 2.34. The molecule has 1 aliphatic carbocycles. The van der Waals surface area contributed by atoms with Crippen LogP contribution in [0.3, 0.4) is 0 Å². The first-order chi connectivity index (χ1) is 9.61. The lowest BCUT2D eigenvalue weighted by atomic mass is 10.1. The number of nitrogens with one attached hydrogen (secondary N) is 1. The molecule has 0 aromatic heterocycles. The maximum Gasteiger partial charge on any atom is 0.227 e. The number of halogens is 1. The lowest BCUT2D eigenvalue weighted by molar-refractivity contribution is -0.136. The number of rotatable bonds is 7. The summed E-state index contributed by atoms with van der Waals surface area (Å²) in [5.74, 6) is -0.117. The van der Waals surface area contributed by atoms with Gasteiger partial charge in [-0.25, -0.2) is 4.39 Å². The smallest absolute Gasteiger partial charge is 0.227 e. The van der Waals surface area contributed by atoms with Crippen LogP contribution in [0.1, 0.15) is 32.3 Å². The highest BCUT2D eigenvalue weighted by Crippen LogP contribution is 2.29. The van der Waals surface area contributed by atoms with Gasteiger partial charge in [-0.3, -0.25) is 4.79 Å². The highest BCUT2D eigenvalue weighted by atomic mass is 19.1. The van der Waals surface area contributed by atoms with Gasteiger partial charge in [0.2, 0.25) is 5.91 Å². The Morgan fingerprint density at radius 1 is 1.50 bits per heavy atom. The number of carbonyl (C=O) groups excluding carboxylic acids is 1. The second-order valence-corrected chi connectivity index (χ2v) is 5.54. The van der Waals surface area contributed by atoms with E-state index in [9.17, 15) is 9.18 Å². The van der Waals surface area contributed by atoms with Crippen LogP contribution in [0.5, 0.6) is 0 Å². The molecule has 0 radical (unpaired) electrons. The summed E-state index contributed by atoms with van der Waals surface area (Å²) in [6.45, 7) is 6.05. The Labute approximate surface area is 120 Å². The van der Waals surface area contributed by atoms with Crippen molar-refractivity contribution in [1.82, 2.24) is 10.2 Å². The van der Waals surface area contributed by atoms with E-state index in [4.69, 9.17) is 0 Å². The van der Waals surface area contributed by atoms with Crippen molar-refractivity contribution >= 4 is 5.91 Å². The van der Waals surface area contributed by atoms with E-state index >= 15 is 0 Å². The Bertz CT molecular complexity index is 460. The van der Waals surface area contributed by atoms with Gasteiger partial charge in [0.25, 0.3) is 0 Å². The first-order valence-electron chi connectivity index (χ1n) is 7.37.